The van der Waals surface area contributed by atoms with Gasteiger partial charge in [0.25, 0.3) is 0 Å². The number of phenols is 1. The van der Waals surface area contributed by atoms with Crippen molar-refractivity contribution >= 4 is 41.3 Å². The first-order chi connectivity index (χ1) is 13.6. The van der Waals surface area contributed by atoms with E-state index in [1.54, 1.807) is 6.07 Å². The fourth-order valence-electron chi connectivity index (χ4n) is 3.42. The van der Waals surface area contributed by atoms with Gasteiger partial charge in [0.1, 0.15) is 5.75 Å². The number of hydrogen-bond acceptors (Lipinski definition) is 4. The van der Waals surface area contributed by atoms with Gasteiger partial charge < -0.3 is 25.1 Å². The van der Waals surface area contributed by atoms with Gasteiger partial charge in [-0.05, 0) is 36.8 Å². The molecule has 0 aromatic heterocycles. The SMILES string of the molecule is CCNC(=NCc1cccc(N(C)C)c1)N1CCN(c2ccccc2O)CC1.I. The van der Waals surface area contributed by atoms with Crippen molar-refractivity contribution in [2.24, 2.45) is 4.99 Å². The van der Waals surface area contributed by atoms with Crippen molar-refractivity contribution in [1.29, 1.82) is 0 Å². The van der Waals surface area contributed by atoms with Crippen LogP contribution in [0.2, 0.25) is 0 Å². The topological polar surface area (TPSA) is 54.3 Å². The Morgan fingerprint density at radius 1 is 1.07 bits per heavy atom. The number of phenolic OH excluding ortho intramolecular Hbond substituents is 1. The zero-order valence-corrected chi connectivity index (χ0v) is 19.8. The van der Waals surface area contributed by atoms with E-state index >= 15 is 0 Å². The molecule has 2 N–H and O–H groups in total. The van der Waals surface area contributed by atoms with E-state index in [9.17, 15) is 5.11 Å². The van der Waals surface area contributed by atoms with Gasteiger partial charge in [-0.25, -0.2) is 4.99 Å². The normalized spacial score (nSPS) is 14.4. The van der Waals surface area contributed by atoms with Gasteiger partial charge in [-0.15, -0.1) is 24.0 Å². The lowest BCUT2D eigenvalue weighted by Gasteiger charge is -2.37. The van der Waals surface area contributed by atoms with Crippen LogP contribution >= 0.6 is 24.0 Å². The van der Waals surface area contributed by atoms with Crippen molar-refractivity contribution in [2.75, 3.05) is 56.6 Å². The summed E-state index contributed by atoms with van der Waals surface area (Å²) in [4.78, 5) is 11.5. The van der Waals surface area contributed by atoms with Crippen LogP contribution in [-0.4, -0.2) is 62.8 Å². The van der Waals surface area contributed by atoms with Crippen LogP contribution in [0.5, 0.6) is 5.75 Å². The van der Waals surface area contributed by atoms with Crippen LogP contribution in [0.3, 0.4) is 0 Å². The van der Waals surface area contributed by atoms with Crippen LogP contribution in [0.15, 0.2) is 53.5 Å². The van der Waals surface area contributed by atoms with Crippen molar-refractivity contribution in [3.63, 3.8) is 0 Å². The summed E-state index contributed by atoms with van der Waals surface area (Å²) in [5, 5.41) is 13.5. The van der Waals surface area contributed by atoms with Crippen molar-refractivity contribution in [3.05, 3.63) is 54.1 Å². The minimum absolute atomic E-state index is 0. The molecule has 0 saturated carbocycles. The molecule has 0 atom stereocenters. The van der Waals surface area contributed by atoms with Gasteiger partial charge in [-0.1, -0.05) is 24.3 Å². The number of aliphatic imine (C=N–C) groups is 1. The lowest BCUT2D eigenvalue weighted by Crippen LogP contribution is -2.52. The molecule has 0 aliphatic carbocycles. The predicted octanol–water partition coefficient (Wildman–Crippen LogP) is 3.36. The summed E-state index contributed by atoms with van der Waals surface area (Å²) in [6.45, 7) is 7.06. The number of rotatable bonds is 5. The van der Waals surface area contributed by atoms with E-state index in [1.807, 2.05) is 18.2 Å². The monoisotopic (exact) mass is 509 g/mol. The lowest BCUT2D eigenvalue weighted by molar-refractivity contribution is 0.369. The molecule has 3 rings (SSSR count). The van der Waals surface area contributed by atoms with Crippen LogP contribution in [0, 0.1) is 0 Å². The molecule has 0 spiro atoms. The molecule has 158 valence electrons. The Morgan fingerprint density at radius 3 is 2.45 bits per heavy atom. The molecular weight excluding hydrogens is 477 g/mol. The summed E-state index contributed by atoms with van der Waals surface area (Å²) in [6, 6.07) is 16.0. The third kappa shape index (κ3) is 6.16. The first-order valence-corrected chi connectivity index (χ1v) is 9.91. The minimum Gasteiger partial charge on any atom is -0.506 e. The smallest absolute Gasteiger partial charge is 0.194 e. The van der Waals surface area contributed by atoms with Crippen molar-refractivity contribution < 1.29 is 5.11 Å². The highest BCUT2D eigenvalue weighted by Gasteiger charge is 2.21. The third-order valence-electron chi connectivity index (χ3n) is 4.97. The van der Waals surface area contributed by atoms with Crippen LogP contribution in [-0.2, 0) is 6.54 Å². The molecule has 1 heterocycles. The van der Waals surface area contributed by atoms with E-state index in [-0.39, 0.29) is 24.0 Å². The second-order valence-corrected chi connectivity index (χ2v) is 7.20. The summed E-state index contributed by atoms with van der Waals surface area (Å²) in [6.07, 6.45) is 0. The average molecular weight is 509 g/mol. The summed E-state index contributed by atoms with van der Waals surface area (Å²) in [5.74, 6) is 1.30. The lowest BCUT2D eigenvalue weighted by atomic mass is 10.2. The molecule has 2 aromatic carbocycles. The van der Waals surface area contributed by atoms with Crippen LogP contribution in [0.25, 0.3) is 0 Å². The fourth-order valence-corrected chi connectivity index (χ4v) is 3.42. The predicted molar refractivity (Wildman–Crippen MR) is 133 cm³/mol. The second kappa shape index (κ2) is 11.1. The zero-order valence-electron chi connectivity index (χ0n) is 17.5. The molecule has 1 aliphatic heterocycles. The Bertz CT molecular complexity index is 803. The Labute approximate surface area is 191 Å². The van der Waals surface area contributed by atoms with E-state index in [1.165, 1.54) is 11.3 Å². The Hall–Kier alpha value is -2.16. The first-order valence-electron chi connectivity index (χ1n) is 9.91. The van der Waals surface area contributed by atoms with Gasteiger partial charge >= 0.3 is 0 Å². The maximum atomic E-state index is 10.1. The van der Waals surface area contributed by atoms with Crippen LogP contribution in [0.1, 0.15) is 12.5 Å². The highest BCUT2D eigenvalue weighted by atomic mass is 127. The molecule has 2 aromatic rings. The van der Waals surface area contributed by atoms with E-state index in [2.05, 4.69) is 65.3 Å². The molecule has 0 radical (unpaired) electrons. The Kier molecular flexibility index (Phi) is 8.88. The number of nitrogens with one attached hydrogen (secondary N) is 1. The van der Waals surface area contributed by atoms with Crippen LogP contribution < -0.4 is 15.1 Å². The second-order valence-electron chi connectivity index (χ2n) is 7.20. The molecular formula is C22H32IN5O. The van der Waals surface area contributed by atoms with Gasteiger partial charge in [0.05, 0.1) is 12.2 Å². The number of guanidine groups is 1. The molecule has 29 heavy (non-hydrogen) atoms. The van der Waals surface area contributed by atoms with E-state index < -0.39 is 0 Å². The molecule has 6 nitrogen and oxygen atoms in total. The number of anilines is 2. The van der Waals surface area contributed by atoms with E-state index in [0.29, 0.717) is 12.3 Å². The highest BCUT2D eigenvalue weighted by Crippen LogP contribution is 2.27. The first kappa shape index (κ1) is 23.1. The van der Waals surface area contributed by atoms with Crippen molar-refractivity contribution in [2.45, 2.75) is 13.5 Å². The average Bonchev–Trinajstić information content (AvgIpc) is 2.72. The minimum atomic E-state index is 0. The molecule has 1 fully saturated rings. The van der Waals surface area contributed by atoms with Gasteiger partial charge in [0.15, 0.2) is 5.96 Å². The largest absolute Gasteiger partial charge is 0.506 e. The molecule has 0 amide bonds. The molecule has 1 aliphatic rings. The molecule has 0 unspecified atom stereocenters. The number of nitrogens with zero attached hydrogens (tertiary/aromatic N) is 4. The van der Waals surface area contributed by atoms with E-state index in [0.717, 1.165) is 44.4 Å². The Balaban J connectivity index is 0.00000300. The third-order valence-corrected chi connectivity index (χ3v) is 4.97. The number of hydrogen-bond donors (Lipinski definition) is 2. The van der Waals surface area contributed by atoms with Gasteiger partial charge in [-0.3, -0.25) is 0 Å². The van der Waals surface area contributed by atoms with Crippen molar-refractivity contribution in [3.8, 4) is 5.75 Å². The molecule has 7 heteroatoms. The zero-order chi connectivity index (χ0) is 19.9. The van der Waals surface area contributed by atoms with Gasteiger partial charge in [0.2, 0.25) is 0 Å². The molecule has 0 bridgehead atoms. The summed E-state index contributed by atoms with van der Waals surface area (Å²) in [7, 11) is 4.10. The van der Waals surface area contributed by atoms with Gasteiger partial charge in [0, 0.05) is 52.5 Å². The molecule has 1 saturated heterocycles. The highest BCUT2D eigenvalue weighted by molar-refractivity contribution is 14.0. The number of piperazine rings is 1. The summed E-state index contributed by atoms with van der Waals surface area (Å²) < 4.78 is 0. The Morgan fingerprint density at radius 2 is 1.79 bits per heavy atom. The quantitative estimate of drug-likeness (QED) is 0.368. The van der Waals surface area contributed by atoms with Gasteiger partial charge in [-0.2, -0.15) is 0 Å². The van der Waals surface area contributed by atoms with E-state index in [4.69, 9.17) is 4.99 Å². The number of para-hydroxylation sites is 2. The number of benzene rings is 2. The van der Waals surface area contributed by atoms with Crippen LogP contribution in [0.4, 0.5) is 11.4 Å². The standard InChI is InChI=1S/C22H31N5O.HI/c1-4-23-22(24-17-18-8-7-9-19(16-18)25(2)3)27-14-12-26(13-15-27)20-10-5-6-11-21(20)28;/h5-11,16,28H,4,12-15,17H2,1-3H3,(H,23,24);1H. The maximum absolute atomic E-state index is 10.1. The fraction of sp³-hybridized carbons (Fsp3) is 0.409. The van der Waals surface area contributed by atoms with Crippen molar-refractivity contribution in [1.82, 2.24) is 10.2 Å². The summed E-state index contributed by atoms with van der Waals surface area (Å²) in [5.41, 5.74) is 3.30. The number of aromatic hydroxyl groups is 1. The number of halogens is 1. The maximum Gasteiger partial charge on any atom is 0.194 e. The summed E-state index contributed by atoms with van der Waals surface area (Å²) >= 11 is 0.